The molecule has 22 heavy (non-hydrogen) atoms. The highest BCUT2D eigenvalue weighted by molar-refractivity contribution is 7.80. The minimum absolute atomic E-state index is 0.247. The Morgan fingerprint density at radius 1 is 1.09 bits per heavy atom. The third-order valence-electron chi connectivity index (χ3n) is 3.06. The summed E-state index contributed by atoms with van der Waals surface area (Å²) in [6, 6.07) is 15.9. The number of rotatable bonds is 3. The van der Waals surface area contributed by atoms with Crippen molar-refractivity contribution in [3.8, 4) is 0 Å². The lowest BCUT2D eigenvalue weighted by molar-refractivity contribution is -0.126. The van der Waals surface area contributed by atoms with Crippen LogP contribution in [-0.2, 0) is 0 Å². The molecule has 0 spiro atoms. The highest BCUT2D eigenvalue weighted by atomic mass is 32.1. The number of nitrogens with one attached hydrogen (secondary N) is 3. The summed E-state index contributed by atoms with van der Waals surface area (Å²) in [5.74, 6) is -0.247. The minimum atomic E-state index is -0.247. The fraction of sp³-hybridized carbons (Fsp3) is 0. The zero-order valence-electron chi connectivity index (χ0n) is 11.4. The standard InChI is InChI=1S/C14H13N5O2S/c20-13(10-6-2-1-3-7-10)15-11-8-4-5-9-12(11)18-14(22)16-17-19(18)21/h1-9,17,21H,(H,15,20)(H,16,22). The first-order valence-corrected chi connectivity index (χ1v) is 6.88. The zero-order valence-corrected chi connectivity index (χ0v) is 12.2. The Morgan fingerprint density at radius 3 is 2.45 bits per heavy atom. The predicted octanol–water partition coefficient (Wildman–Crippen LogP) is 1.66. The van der Waals surface area contributed by atoms with Crippen LogP contribution in [0.25, 0.3) is 0 Å². The Balaban J connectivity index is 1.89. The van der Waals surface area contributed by atoms with E-state index in [4.69, 9.17) is 12.2 Å². The highest BCUT2D eigenvalue weighted by Gasteiger charge is 2.28. The fourth-order valence-electron chi connectivity index (χ4n) is 2.05. The number of amides is 1. The monoisotopic (exact) mass is 315 g/mol. The van der Waals surface area contributed by atoms with Crippen LogP contribution in [0.1, 0.15) is 10.4 Å². The van der Waals surface area contributed by atoms with Crippen LogP contribution in [0.5, 0.6) is 0 Å². The number of anilines is 2. The van der Waals surface area contributed by atoms with E-state index >= 15 is 0 Å². The quantitative estimate of drug-likeness (QED) is 0.642. The lowest BCUT2D eigenvalue weighted by atomic mass is 10.2. The summed E-state index contributed by atoms with van der Waals surface area (Å²) in [6.07, 6.45) is 0. The van der Waals surface area contributed by atoms with Crippen molar-refractivity contribution in [2.75, 3.05) is 10.3 Å². The van der Waals surface area contributed by atoms with Crippen molar-refractivity contribution in [1.29, 1.82) is 0 Å². The molecular formula is C14H13N5O2S. The van der Waals surface area contributed by atoms with E-state index in [2.05, 4.69) is 16.3 Å². The Morgan fingerprint density at radius 2 is 1.77 bits per heavy atom. The Labute approximate surface area is 132 Å². The number of benzene rings is 2. The highest BCUT2D eigenvalue weighted by Crippen LogP contribution is 2.27. The molecule has 3 rings (SSSR count). The van der Waals surface area contributed by atoms with Gasteiger partial charge in [-0.3, -0.25) is 15.4 Å². The van der Waals surface area contributed by atoms with E-state index in [1.165, 1.54) is 5.01 Å². The first-order chi connectivity index (χ1) is 10.7. The Bertz CT molecular complexity index is 709. The molecule has 0 atom stereocenters. The molecule has 1 amide bonds. The van der Waals surface area contributed by atoms with Crippen LogP contribution >= 0.6 is 12.2 Å². The van der Waals surface area contributed by atoms with Crippen LogP contribution in [0.15, 0.2) is 54.6 Å². The van der Waals surface area contributed by atoms with Gasteiger partial charge in [-0.2, -0.15) is 0 Å². The number of thiocarbonyl (C=S) groups is 1. The van der Waals surface area contributed by atoms with Crippen LogP contribution in [-0.4, -0.2) is 21.5 Å². The maximum absolute atomic E-state index is 12.3. The average molecular weight is 315 g/mol. The van der Waals surface area contributed by atoms with E-state index in [0.717, 1.165) is 0 Å². The first-order valence-electron chi connectivity index (χ1n) is 6.47. The lowest BCUT2D eigenvalue weighted by Gasteiger charge is -2.23. The fourth-order valence-corrected chi connectivity index (χ4v) is 2.27. The molecule has 0 bridgehead atoms. The third-order valence-corrected chi connectivity index (χ3v) is 3.34. The van der Waals surface area contributed by atoms with Gasteiger partial charge in [-0.1, -0.05) is 30.3 Å². The van der Waals surface area contributed by atoms with Gasteiger partial charge in [0.25, 0.3) is 5.91 Å². The molecule has 1 aliphatic rings. The second-order valence-corrected chi connectivity index (χ2v) is 4.87. The number of hydrogen-bond donors (Lipinski definition) is 4. The molecule has 1 heterocycles. The summed E-state index contributed by atoms with van der Waals surface area (Å²) in [4.78, 5) is 12.3. The SMILES string of the molecule is O=C(Nc1ccccc1N1C(=S)NNN1O)c1ccccc1. The van der Waals surface area contributed by atoms with Crippen molar-refractivity contribution in [2.24, 2.45) is 0 Å². The van der Waals surface area contributed by atoms with Gasteiger partial charge in [0.2, 0.25) is 5.11 Å². The van der Waals surface area contributed by atoms with Crippen molar-refractivity contribution < 1.29 is 10.0 Å². The van der Waals surface area contributed by atoms with E-state index in [9.17, 15) is 10.0 Å². The van der Waals surface area contributed by atoms with Crippen LogP contribution in [0.3, 0.4) is 0 Å². The molecule has 112 valence electrons. The predicted molar refractivity (Wildman–Crippen MR) is 85.8 cm³/mol. The number of hydrogen-bond acceptors (Lipinski definition) is 5. The number of para-hydroxylation sites is 2. The van der Waals surface area contributed by atoms with Crippen LogP contribution < -0.4 is 21.3 Å². The number of hydrazine groups is 3. The third kappa shape index (κ3) is 2.76. The van der Waals surface area contributed by atoms with Crippen molar-refractivity contribution in [2.45, 2.75) is 0 Å². The van der Waals surface area contributed by atoms with E-state index in [1.807, 2.05) is 6.07 Å². The molecule has 0 unspecified atom stereocenters. The Hall–Kier alpha value is -2.52. The van der Waals surface area contributed by atoms with Crippen molar-refractivity contribution in [3.05, 3.63) is 60.2 Å². The lowest BCUT2D eigenvalue weighted by Crippen LogP contribution is -2.40. The number of carbonyl (C=O) groups excluding carboxylic acids is 1. The summed E-state index contributed by atoms with van der Waals surface area (Å²) < 4.78 is 0. The number of carbonyl (C=O) groups is 1. The maximum atomic E-state index is 12.3. The molecule has 0 aromatic heterocycles. The van der Waals surface area contributed by atoms with Gasteiger partial charge < -0.3 is 5.32 Å². The summed E-state index contributed by atoms with van der Waals surface area (Å²) >= 11 is 5.10. The van der Waals surface area contributed by atoms with E-state index in [-0.39, 0.29) is 11.0 Å². The molecule has 4 N–H and O–H groups in total. The van der Waals surface area contributed by atoms with Crippen molar-refractivity contribution in [3.63, 3.8) is 0 Å². The maximum Gasteiger partial charge on any atom is 0.255 e. The molecule has 1 saturated heterocycles. The van der Waals surface area contributed by atoms with Crippen LogP contribution in [0.2, 0.25) is 0 Å². The summed E-state index contributed by atoms with van der Waals surface area (Å²) in [7, 11) is 0. The second-order valence-electron chi connectivity index (χ2n) is 4.48. The molecule has 1 fully saturated rings. The topological polar surface area (TPSA) is 79.9 Å². The molecule has 1 aliphatic heterocycles. The molecular weight excluding hydrogens is 302 g/mol. The molecule has 0 saturated carbocycles. The van der Waals surface area contributed by atoms with E-state index in [1.54, 1.807) is 48.5 Å². The van der Waals surface area contributed by atoms with Gasteiger partial charge in [0.05, 0.1) is 11.4 Å². The van der Waals surface area contributed by atoms with Gasteiger partial charge in [0, 0.05) is 5.56 Å². The molecule has 8 heteroatoms. The number of nitrogens with zero attached hydrogens (tertiary/aromatic N) is 2. The Kier molecular flexibility index (Phi) is 3.98. The molecule has 2 aromatic carbocycles. The molecule has 7 nitrogen and oxygen atoms in total. The summed E-state index contributed by atoms with van der Waals surface area (Å²) in [5.41, 5.74) is 6.62. The van der Waals surface area contributed by atoms with Crippen LogP contribution in [0.4, 0.5) is 11.4 Å². The van der Waals surface area contributed by atoms with E-state index < -0.39 is 0 Å². The summed E-state index contributed by atoms with van der Waals surface area (Å²) in [6.45, 7) is 0. The van der Waals surface area contributed by atoms with Crippen LogP contribution in [0, 0.1) is 0 Å². The van der Waals surface area contributed by atoms with Gasteiger partial charge in [0.15, 0.2) is 0 Å². The van der Waals surface area contributed by atoms with Gasteiger partial charge in [-0.05, 0) is 41.8 Å². The normalized spacial score (nSPS) is 14.8. The molecule has 0 radical (unpaired) electrons. The van der Waals surface area contributed by atoms with Crippen molar-refractivity contribution >= 4 is 34.6 Å². The van der Waals surface area contributed by atoms with Gasteiger partial charge in [-0.25, -0.2) is 5.01 Å². The second kappa shape index (κ2) is 6.08. The minimum Gasteiger partial charge on any atom is -0.320 e. The largest absolute Gasteiger partial charge is 0.320 e. The smallest absolute Gasteiger partial charge is 0.255 e. The van der Waals surface area contributed by atoms with E-state index in [0.29, 0.717) is 22.2 Å². The molecule has 0 aliphatic carbocycles. The van der Waals surface area contributed by atoms with Gasteiger partial charge in [-0.15, -0.1) is 5.53 Å². The van der Waals surface area contributed by atoms with Gasteiger partial charge in [0.1, 0.15) is 0 Å². The van der Waals surface area contributed by atoms with Crippen molar-refractivity contribution in [1.82, 2.24) is 16.2 Å². The first kappa shape index (κ1) is 14.4. The zero-order chi connectivity index (χ0) is 15.5. The van der Waals surface area contributed by atoms with Gasteiger partial charge >= 0.3 is 0 Å². The summed E-state index contributed by atoms with van der Waals surface area (Å²) in [5, 5.41) is 14.9. The average Bonchev–Trinajstić information content (AvgIpc) is 2.88. The molecule has 2 aromatic rings.